The molecule has 0 saturated carbocycles. The van der Waals surface area contributed by atoms with Crippen LogP contribution in [-0.4, -0.2) is 10.1 Å². The lowest BCUT2D eigenvalue weighted by Crippen LogP contribution is -2.14. The Bertz CT molecular complexity index is 609. The fourth-order valence-electron chi connectivity index (χ4n) is 1.96. The van der Waals surface area contributed by atoms with Gasteiger partial charge in [0.25, 0.3) is 0 Å². The van der Waals surface area contributed by atoms with Crippen LogP contribution in [0, 0.1) is 5.82 Å². The normalized spacial score (nSPS) is 11.5. The van der Waals surface area contributed by atoms with E-state index in [9.17, 15) is 9.50 Å². The van der Waals surface area contributed by atoms with Crippen LogP contribution in [0.4, 0.5) is 4.39 Å². The van der Waals surface area contributed by atoms with Crippen molar-refractivity contribution in [2.24, 2.45) is 0 Å². The molecular weight excluding hydrogens is 269 g/mol. The summed E-state index contributed by atoms with van der Waals surface area (Å²) in [6.07, 6.45) is 2.12. The van der Waals surface area contributed by atoms with Gasteiger partial charge in [0.05, 0.1) is 12.8 Å². The Morgan fingerprint density at radius 1 is 1.24 bits per heavy atom. The number of halogens is 1. The van der Waals surface area contributed by atoms with Gasteiger partial charge in [-0.05, 0) is 35.6 Å². The van der Waals surface area contributed by atoms with Crippen LogP contribution in [-0.2, 0) is 12.0 Å². The van der Waals surface area contributed by atoms with E-state index in [2.05, 4.69) is 25.8 Å². The molecule has 1 N–H and O–H groups in total. The Balaban J connectivity index is 2.21. The molecule has 0 spiro atoms. The molecule has 3 nitrogen and oxygen atoms in total. The number of rotatable bonds is 5. The van der Waals surface area contributed by atoms with Crippen LogP contribution in [0.5, 0.6) is 11.6 Å². The zero-order valence-corrected chi connectivity index (χ0v) is 12.6. The average molecular weight is 289 g/mol. The molecule has 0 bridgehead atoms. The number of ether oxygens (including phenoxy) is 1. The van der Waals surface area contributed by atoms with Crippen molar-refractivity contribution in [1.82, 2.24) is 4.98 Å². The maximum atomic E-state index is 13.1. The number of aromatic nitrogens is 1. The van der Waals surface area contributed by atoms with E-state index < -0.39 is 5.82 Å². The van der Waals surface area contributed by atoms with Crippen molar-refractivity contribution in [3.8, 4) is 11.6 Å². The lowest BCUT2D eigenvalue weighted by Gasteiger charge is -2.23. The van der Waals surface area contributed by atoms with E-state index in [1.54, 1.807) is 0 Å². The summed E-state index contributed by atoms with van der Waals surface area (Å²) in [5.41, 5.74) is 1.67. The molecule has 1 aromatic carbocycles. The topological polar surface area (TPSA) is 42.4 Å². The molecule has 2 rings (SSSR count). The Kier molecular flexibility index (Phi) is 4.58. The number of pyridine rings is 1. The van der Waals surface area contributed by atoms with Crippen LogP contribution >= 0.6 is 0 Å². The molecule has 0 unspecified atom stereocenters. The first-order valence-corrected chi connectivity index (χ1v) is 7.00. The lowest BCUT2D eigenvalue weighted by atomic mass is 9.82. The van der Waals surface area contributed by atoms with Crippen molar-refractivity contribution in [2.45, 2.75) is 39.2 Å². The zero-order valence-electron chi connectivity index (χ0n) is 12.6. The van der Waals surface area contributed by atoms with Gasteiger partial charge in [-0.25, -0.2) is 9.37 Å². The summed E-state index contributed by atoms with van der Waals surface area (Å²) in [4.78, 5) is 3.87. The third-order valence-corrected chi connectivity index (χ3v) is 3.80. The van der Waals surface area contributed by atoms with Gasteiger partial charge in [0.15, 0.2) is 0 Å². The second-order valence-corrected chi connectivity index (χ2v) is 5.64. The van der Waals surface area contributed by atoms with Crippen molar-refractivity contribution >= 4 is 0 Å². The fourth-order valence-corrected chi connectivity index (χ4v) is 1.96. The van der Waals surface area contributed by atoms with Gasteiger partial charge in [0.2, 0.25) is 5.88 Å². The van der Waals surface area contributed by atoms with Crippen LogP contribution in [0.15, 0.2) is 36.5 Å². The van der Waals surface area contributed by atoms with E-state index in [1.165, 1.54) is 11.6 Å². The average Bonchev–Trinajstić information content (AvgIpc) is 2.49. The summed E-state index contributed by atoms with van der Waals surface area (Å²) in [5.74, 6) is 0.340. The fraction of sp³-hybridized carbons (Fsp3) is 0.353. The quantitative estimate of drug-likeness (QED) is 0.897. The van der Waals surface area contributed by atoms with Crippen LogP contribution < -0.4 is 4.74 Å². The van der Waals surface area contributed by atoms with Crippen molar-refractivity contribution in [3.63, 3.8) is 0 Å². The molecule has 0 fully saturated rings. The van der Waals surface area contributed by atoms with Crippen LogP contribution in [0.2, 0.25) is 0 Å². The highest BCUT2D eigenvalue weighted by Crippen LogP contribution is 2.30. The number of benzene rings is 1. The molecule has 0 saturated heterocycles. The predicted molar refractivity (Wildman–Crippen MR) is 80.0 cm³/mol. The summed E-state index contributed by atoms with van der Waals surface area (Å²) in [7, 11) is 0. The molecule has 112 valence electrons. The number of hydrogen-bond donors (Lipinski definition) is 1. The molecule has 0 aliphatic carbocycles. The second-order valence-electron chi connectivity index (χ2n) is 5.64. The van der Waals surface area contributed by atoms with E-state index in [4.69, 9.17) is 4.74 Å². The SMILES string of the molecule is CCC(C)(C)c1ccc(Oc2ncc(F)cc2CO)cc1. The van der Waals surface area contributed by atoms with E-state index >= 15 is 0 Å². The van der Waals surface area contributed by atoms with Crippen molar-refractivity contribution in [2.75, 3.05) is 0 Å². The zero-order chi connectivity index (χ0) is 15.5. The Morgan fingerprint density at radius 2 is 1.90 bits per heavy atom. The van der Waals surface area contributed by atoms with E-state index in [-0.39, 0.29) is 17.9 Å². The highest BCUT2D eigenvalue weighted by atomic mass is 19.1. The maximum Gasteiger partial charge on any atom is 0.224 e. The molecule has 0 amide bonds. The Hall–Kier alpha value is -1.94. The minimum absolute atomic E-state index is 0.114. The van der Waals surface area contributed by atoms with E-state index in [0.29, 0.717) is 11.3 Å². The summed E-state index contributed by atoms with van der Waals surface area (Å²) < 4.78 is 18.7. The highest BCUT2D eigenvalue weighted by molar-refractivity contribution is 5.35. The molecule has 4 heteroatoms. The highest BCUT2D eigenvalue weighted by Gasteiger charge is 2.17. The van der Waals surface area contributed by atoms with Crippen molar-refractivity contribution in [1.29, 1.82) is 0 Å². The first kappa shape index (κ1) is 15.4. The molecular formula is C17H20FNO2. The second kappa shape index (κ2) is 6.22. The summed E-state index contributed by atoms with van der Waals surface area (Å²) in [5, 5.41) is 9.22. The monoisotopic (exact) mass is 289 g/mol. The molecule has 0 aliphatic rings. The first-order valence-electron chi connectivity index (χ1n) is 7.00. The van der Waals surface area contributed by atoms with Gasteiger partial charge in [0, 0.05) is 5.56 Å². The predicted octanol–water partition coefficient (Wildman–Crippen LogP) is 4.19. The molecule has 0 aliphatic heterocycles. The largest absolute Gasteiger partial charge is 0.439 e. The van der Waals surface area contributed by atoms with Gasteiger partial charge in [-0.2, -0.15) is 0 Å². The number of aliphatic hydroxyl groups is 1. The van der Waals surface area contributed by atoms with Gasteiger partial charge in [-0.3, -0.25) is 0 Å². The molecule has 0 radical (unpaired) electrons. The van der Waals surface area contributed by atoms with Crippen LogP contribution in [0.25, 0.3) is 0 Å². The molecule has 21 heavy (non-hydrogen) atoms. The number of aliphatic hydroxyl groups excluding tert-OH is 1. The van der Waals surface area contributed by atoms with Crippen molar-refractivity contribution in [3.05, 3.63) is 53.5 Å². The minimum atomic E-state index is -0.494. The number of nitrogens with zero attached hydrogens (tertiary/aromatic N) is 1. The molecule has 2 aromatic rings. The van der Waals surface area contributed by atoms with Gasteiger partial charge >= 0.3 is 0 Å². The molecule has 1 heterocycles. The summed E-state index contributed by atoms with van der Waals surface area (Å²) in [6.45, 7) is 6.21. The standard InChI is InChI=1S/C17H20FNO2/c1-4-17(2,3)13-5-7-15(8-6-13)21-16-12(11-20)9-14(18)10-19-16/h5-10,20H,4,11H2,1-3H3. The molecule has 0 atom stereocenters. The minimum Gasteiger partial charge on any atom is -0.439 e. The van der Waals surface area contributed by atoms with Crippen LogP contribution in [0.1, 0.15) is 38.3 Å². The van der Waals surface area contributed by atoms with Gasteiger partial charge in [0.1, 0.15) is 11.6 Å². The summed E-state index contributed by atoms with van der Waals surface area (Å²) in [6, 6.07) is 8.97. The van der Waals surface area contributed by atoms with Gasteiger partial charge in [-0.15, -0.1) is 0 Å². The Morgan fingerprint density at radius 3 is 2.48 bits per heavy atom. The first-order chi connectivity index (χ1) is 9.96. The maximum absolute atomic E-state index is 13.1. The third-order valence-electron chi connectivity index (χ3n) is 3.80. The lowest BCUT2D eigenvalue weighted by molar-refractivity contribution is 0.274. The number of hydrogen-bond acceptors (Lipinski definition) is 3. The van der Waals surface area contributed by atoms with E-state index in [1.807, 2.05) is 24.3 Å². The smallest absolute Gasteiger partial charge is 0.224 e. The van der Waals surface area contributed by atoms with Gasteiger partial charge < -0.3 is 9.84 Å². The Labute approximate surface area is 124 Å². The van der Waals surface area contributed by atoms with Gasteiger partial charge in [-0.1, -0.05) is 32.9 Å². The summed E-state index contributed by atoms with van der Waals surface area (Å²) >= 11 is 0. The molecule has 1 aromatic heterocycles. The van der Waals surface area contributed by atoms with E-state index in [0.717, 1.165) is 12.6 Å². The van der Waals surface area contributed by atoms with Crippen molar-refractivity contribution < 1.29 is 14.2 Å². The third kappa shape index (κ3) is 3.58. The van der Waals surface area contributed by atoms with Crippen LogP contribution in [0.3, 0.4) is 0 Å².